The van der Waals surface area contributed by atoms with Gasteiger partial charge in [-0.2, -0.15) is 5.26 Å². The van der Waals surface area contributed by atoms with Gasteiger partial charge >= 0.3 is 0 Å². The maximum absolute atomic E-state index is 8.85. The van der Waals surface area contributed by atoms with Crippen molar-refractivity contribution in [1.82, 2.24) is 9.56 Å². The molecule has 0 amide bonds. The van der Waals surface area contributed by atoms with E-state index in [-0.39, 0.29) is 0 Å². The molecule has 1 aromatic rings. The van der Waals surface area contributed by atoms with E-state index in [4.69, 9.17) is 24.6 Å². The molecule has 0 atom stereocenters. The largest absolute Gasteiger partial charge is 0.554 e. The molecule has 0 saturated carbocycles. The van der Waals surface area contributed by atoms with E-state index in [1.165, 1.54) is 5.56 Å². The molecule has 0 bridgehead atoms. The average Bonchev–Trinajstić information content (AvgIpc) is 2.72. The molecule has 0 aromatic heterocycles. The summed E-state index contributed by atoms with van der Waals surface area (Å²) in [5, 5.41) is 18.3. The fourth-order valence-corrected chi connectivity index (χ4v) is 3.19. The lowest BCUT2D eigenvalue weighted by molar-refractivity contribution is -0.283. The van der Waals surface area contributed by atoms with Gasteiger partial charge in [0.2, 0.25) is 5.36 Å². The van der Waals surface area contributed by atoms with Crippen molar-refractivity contribution in [3.8, 4) is 17.5 Å². The molecule has 2 aliphatic rings. The number of aromatic nitrogens is 1. The number of carboxylic acid groups (broad SMARTS) is 1. The molecule has 0 N–H and O–H groups in total. The first-order chi connectivity index (χ1) is 14.0. The maximum Gasteiger partial charge on any atom is 0.206 e. The van der Waals surface area contributed by atoms with Crippen molar-refractivity contribution in [2.24, 2.45) is 0 Å². The van der Waals surface area contributed by atoms with Gasteiger partial charge in [0.1, 0.15) is 24.8 Å². The van der Waals surface area contributed by atoms with E-state index in [2.05, 4.69) is 55.5 Å². The Hall–Kier alpha value is -3.40. The molecule has 1 heterocycles. The van der Waals surface area contributed by atoms with Crippen LogP contribution >= 0.6 is 0 Å². The van der Waals surface area contributed by atoms with Crippen molar-refractivity contribution in [3.05, 3.63) is 41.3 Å². The molecule has 1 aromatic carbocycles. The standard InChI is InChI=1S/C21H25N4O.CH2O2/c1-5-24(4)19-14-21-18(12-15(19)3)23-17-9-8-16(13-20(17)26-21)25(6-2)11-7-10-22;2-1-3/h8-9,12-14H,5-7,11H2,1-4H3;1H,(H,2,3)/q+1;/p-1. The van der Waals surface area contributed by atoms with E-state index in [0.29, 0.717) is 13.0 Å². The second kappa shape index (κ2) is 10.2. The van der Waals surface area contributed by atoms with Crippen molar-refractivity contribution in [1.29, 1.82) is 5.26 Å². The summed E-state index contributed by atoms with van der Waals surface area (Å²) in [5.41, 5.74) is 4.72. The van der Waals surface area contributed by atoms with Crippen LogP contribution in [0.5, 0.6) is 0 Å². The van der Waals surface area contributed by atoms with Crippen LogP contribution in [0.3, 0.4) is 0 Å². The molecule has 0 unspecified atom stereocenters. The third-order valence-electron chi connectivity index (χ3n) is 4.81. The van der Waals surface area contributed by atoms with Gasteiger partial charge in [-0.05, 0) is 39.0 Å². The van der Waals surface area contributed by atoms with Crippen LogP contribution in [-0.2, 0) is 4.79 Å². The molecule has 1 aliphatic carbocycles. The molecule has 3 rings (SSSR count). The normalized spacial score (nSPS) is 11.4. The Balaban J connectivity index is 0.000000941. The summed E-state index contributed by atoms with van der Waals surface area (Å²) in [5.74, 6) is 0.788. The minimum Gasteiger partial charge on any atom is -0.554 e. The van der Waals surface area contributed by atoms with E-state index >= 15 is 0 Å². The number of carbonyl (C=O) groups is 1. The minimum absolute atomic E-state index is 0.500. The highest BCUT2D eigenvalue weighted by atomic mass is 16.3. The van der Waals surface area contributed by atoms with Crippen molar-refractivity contribution < 1.29 is 14.3 Å². The Morgan fingerprint density at radius 1 is 1.31 bits per heavy atom. The molecule has 0 spiro atoms. The molecule has 29 heavy (non-hydrogen) atoms. The zero-order chi connectivity index (χ0) is 21.4. The smallest absolute Gasteiger partial charge is 0.206 e. The summed E-state index contributed by atoms with van der Waals surface area (Å²) in [6.07, 6.45) is 0.505. The Labute approximate surface area is 170 Å². The first-order valence-electron chi connectivity index (χ1n) is 9.55. The zero-order valence-electron chi connectivity index (χ0n) is 17.3. The average molecular weight is 394 g/mol. The monoisotopic (exact) mass is 394 g/mol. The van der Waals surface area contributed by atoms with Gasteiger partial charge in [0.05, 0.1) is 18.6 Å². The summed E-state index contributed by atoms with van der Waals surface area (Å²) >= 11 is 0. The second-order valence-corrected chi connectivity index (χ2v) is 6.57. The van der Waals surface area contributed by atoms with Crippen LogP contribution in [0.4, 0.5) is 5.69 Å². The Kier molecular flexibility index (Phi) is 7.72. The fraction of sp³-hybridized carbons (Fsp3) is 0.364. The summed E-state index contributed by atoms with van der Waals surface area (Å²) in [7, 11) is 2.08. The lowest BCUT2D eigenvalue weighted by Crippen LogP contribution is -2.28. The van der Waals surface area contributed by atoms with Crippen LogP contribution in [0.1, 0.15) is 25.8 Å². The number of hydrogen-bond donors (Lipinski definition) is 0. The first kappa shape index (κ1) is 21.9. The van der Waals surface area contributed by atoms with Crippen LogP contribution in [0.25, 0.3) is 22.6 Å². The highest BCUT2D eigenvalue weighted by Crippen LogP contribution is 2.27. The van der Waals surface area contributed by atoms with Crippen LogP contribution < -0.4 is 19.9 Å². The molecule has 0 radical (unpaired) electrons. The van der Waals surface area contributed by atoms with Gasteiger partial charge in [0.15, 0.2) is 11.3 Å². The van der Waals surface area contributed by atoms with Gasteiger partial charge in [0.25, 0.3) is 0 Å². The topological polar surface area (TPSA) is 96.2 Å². The van der Waals surface area contributed by atoms with Gasteiger partial charge < -0.3 is 19.2 Å². The summed E-state index contributed by atoms with van der Waals surface area (Å²) in [4.78, 5) is 15.2. The molecule has 7 nitrogen and oxygen atoms in total. The predicted molar refractivity (Wildman–Crippen MR) is 111 cm³/mol. The quantitative estimate of drug-likeness (QED) is 0.372. The van der Waals surface area contributed by atoms with Crippen molar-refractivity contribution in [3.63, 3.8) is 0 Å². The van der Waals surface area contributed by atoms with Gasteiger partial charge in [-0.3, -0.25) is 0 Å². The van der Waals surface area contributed by atoms with Crippen LogP contribution in [-0.4, -0.2) is 38.1 Å². The summed E-state index contributed by atoms with van der Waals surface area (Å²) in [6, 6.07) is 12.4. The molecular formula is C22H26N4O3. The Bertz CT molecular complexity index is 1070. The Morgan fingerprint density at radius 3 is 2.66 bits per heavy atom. The number of nitriles is 1. The molecule has 7 heteroatoms. The van der Waals surface area contributed by atoms with Gasteiger partial charge in [-0.1, -0.05) is 0 Å². The molecule has 0 fully saturated rings. The second-order valence-electron chi connectivity index (χ2n) is 6.57. The van der Waals surface area contributed by atoms with E-state index in [1.807, 2.05) is 18.2 Å². The van der Waals surface area contributed by atoms with Gasteiger partial charge in [-0.25, -0.2) is 9.56 Å². The fourth-order valence-electron chi connectivity index (χ4n) is 3.19. The number of nitrogens with zero attached hydrogens (tertiary/aromatic N) is 4. The van der Waals surface area contributed by atoms with Gasteiger partial charge in [0, 0.05) is 36.9 Å². The third-order valence-corrected chi connectivity index (χ3v) is 4.81. The minimum atomic E-state index is -0.500. The molecular weight excluding hydrogens is 368 g/mol. The first-order valence-corrected chi connectivity index (χ1v) is 9.55. The highest BCUT2D eigenvalue weighted by molar-refractivity contribution is 5.80. The number of rotatable bonds is 5. The Morgan fingerprint density at radius 2 is 2.03 bits per heavy atom. The van der Waals surface area contributed by atoms with Gasteiger partial charge in [-0.15, -0.1) is 0 Å². The van der Waals surface area contributed by atoms with E-state index < -0.39 is 6.47 Å². The van der Waals surface area contributed by atoms with E-state index in [9.17, 15) is 0 Å². The van der Waals surface area contributed by atoms with E-state index in [1.54, 1.807) is 0 Å². The summed E-state index contributed by atoms with van der Waals surface area (Å²) in [6.45, 7) is 8.31. The van der Waals surface area contributed by atoms with Crippen molar-refractivity contribution in [2.75, 3.05) is 31.6 Å². The lowest BCUT2D eigenvalue weighted by atomic mass is 10.1. The number of anilines is 1. The number of carbonyl (C=O) groups excluding carboxylic acids is 1. The third kappa shape index (κ3) is 5.11. The van der Waals surface area contributed by atoms with Crippen LogP contribution in [0, 0.1) is 18.3 Å². The van der Waals surface area contributed by atoms with Crippen LogP contribution in [0.2, 0.25) is 0 Å². The van der Waals surface area contributed by atoms with Crippen molar-refractivity contribution >= 4 is 23.3 Å². The highest BCUT2D eigenvalue weighted by Gasteiger charge is 2.14. The number of benzene rings is 2. The van der Waals surface area contributed by atoms with Crippen LogP contribution in [0.15, 0.2) is 34.7 Å². The predicted octanol–water partition coefficient (Wildman–Crippen LogP) is 1.77. The SMILES string of the molecule is CCN(CCC#N)c1ccc2nc3cc(C)c(=[N+](C)CC)cc-3oc2c1.O=C[O-]. The van der Waals surface area contributed by atoms with E-state index in [0.717, 1.165) is 46.7 Å². The maximum atomic E-state index is 8.85. The number of aryl methyl sites for hydroxylation is 1. The van der Waals surface area contributed by atoms with Crippen molar-refractivity contribution in [2.45, 2.75) is 27.2 Å². The summed E-state index contributed by atoms with van der Waals surface area (Å²) < 4.78 is 8.40. The molecule has 0 saturated heterocycles. The molecule has 152 valence electrons. The lowest BCUT2D eigenvalue weighted by Gasteiger charge is -2.22. The zero-order valence-corrected chi connectivity index (χ0v) is 17.3. The number of fused-ring (bicyclic) bond motifs is 2. The number of hydrogen-bond acceptors (Lipinski definition) is 6. The molecule has 1 aliphatic heterocycles.